The maximum absolute atomic E-state index is 11.3. The SMILES string of the molecule is CCNS(=O)(=O)CCNCc1cc(C#N)cs1. The molecule has 1 aromatic rings. The third-order valence-corrected chi connectivity index (χ3v) is 4.40. The first-order valence-corrected chi connectivity index (χ1v) is 7.76. The fourth-order valence-electron chi connectivity index (χ4n) is 1.24. The molecule has 0 saturated carbocycles. The Kier molecular flexibility index (Phi) is 5.58. The Labute approximate surface area is 106 Å². The molecule has 5 nitrogen and oxygen atoms in total. The van der Waals surface area contributed by atoms with Crippen molar-refractivity contribution in [3.05, 3.63) is 21.9 Å². The molecular weight excluding hydrogens is 258 g/mol. The molecule has 0 atom stereocenters. The minimum Gasteiger partial charge on any atom is -0.311 e. The van der Waals surface area contributed by atoms with Gasteiger partial charge in [-0.3, -0.25) is 0 Å². The van der Waals surface area contributed by atoms with Crippen LogP contribution in [0.5, 0.6) is 0 Å². The Bertz CT molecular complexity index is 488. The monoisotopic (exact) mass is 273 g/mol. The lowest BCUT2D eigenvalue weighted by Crippen LogP contribution is -2.31. The number of hydrogen-bond acceptors (Lipinski definition) is 5. The van der Waals surface area contributed by atoms with Crippen LogP contribution in [0.2, 0.25) is 0 Å². The van der Waals surface area contributed by atoms with E-state index >= 15 is 0 Å². The number of nitrogens with zero attached hydrogens (tertiary/aromatic N) is 1. The van der Waals surface area contributed by atoms with Crippen molar-refractivity contribution in [2.24, 2.45) is 0 Å². The molecule has 0 saturated heterocycles. The molecule has 0 aliphatic carbocycles. The predicted molar refractivity (Wildman–Crippen MR) is 68.2 cm³/mol. The quantitative estimate of drug-likeness (QED) is 0.715. The molecule has 0 unspecified atom stereocenters. The molecule has 2 N–H and O–H groups in total. The highest BCUT2D eigenvalue weighted by Gasteiger charge is 2.07. The minimum absolute atomic E-state index is 0.0668. The Balaban J connectivity index is 2.27. The number of nitriles is 1. The van der Waals surface area contributed by atoms with Crippen LogP contribution in [-0.2, 0) is 16.6 Å². The number of sulfonamides is 1. The van der Waals surface area contributed by atoms with Crippen LogP contribution >= 0.6 is 11.3 Å². The van der Waals surface area contributed by atoms with Gasteiger partial charge in [-0.15, -0.1) is 11.3 Å². The molecule has 7 heteroatoms. The van der Waals surface area contributed by atoms with Crippen molar-refractivity contribution in [3.8, 4) is 6.07 Å². The number of rotatable bonds is 7. The smallest absolute Gasteiger partial charge is 0.212 e. The molecule has 1 rings (SSSR count). The number of nitrogens with one attached hydrogen (secondary N) is 2. The molecule has 0 radical (unpaired) electrons. The van der Waals surface area contributed by atoms with Crippen molar-refractivity contribution in [1.82, 2.24) is 10.0 Å². The highest BCUT2D eigenvalue weighted by Crippen LogP contribution is 2.12. The topological polar surface area (TPSA) is 82.0 Å². The second-order valence-electron chi connectivity index (χ2n) is 3.41. The zero-order valence-corrected chi connectivity index (χ0v) is 11.2. The van der Waals surface area contributed by atoms with E-state index < -0.39 is 10.0 Å². The molecule has 94 valence electrons. The fraction of sp³-hybridized carbons (Fsp3) is 0.500. The first kappa shape index (κ1) is 14.1. The van der Waals surface area contributed by atoms with Crippen molar-refractivity contribution in [1.29, 1.82) is 5.26 Å². The van der Waals surface area contributed by atoms with Gasteiger partial charge in [0.25, 0.3) is 0 Å². The lowest BCUT2D eigenvalue weighted by molar-refractivity contribution is 0.579. The first-order valence-electron chi connectivity index (χ1n) is 5.23. The van der Waals surface area contributed by atoms with Gasteiger partial charge in [0.05, 0.1) is 11.3 Å². The van der Waals surface area contributed by atoms with Gasteiger partial charge in [0.2, 0.25) is 10.0 Å². The molecular formula is C10H15N3O2S2. The maximum Gasteiger partial charge on any atom is 0.212 e. The van der Waals surface area contributed by atoms with E-state index in [1.54, 1.807) is 18.4 Å². The standard InChI is InChI=1S/C10H15N3O2S2/c1-2-13-17(14,15)4-3-12-7-10-5-9(6-11)8-16-10/h5,8,12-13H,2-4,7H2,1H3. The molecule has 1 heterocycles. The largest absolute Gasteiger partial charge is 0.311 e. The Morgan fingerprint density at radius 2 is 2.29 bits per heavy atom. The van der Waals surface area contributed by atoms with Gasteiger partial charge in [0.15, 0.2) is 0 Å². The molecule has 0 aromatic carbocycles. The first-order chi connectivity index (χ1) is 8.07. The van der Waals surface area contributed by atoms with Crippen LogP contribution < -0.4 is 10.0 Å². The van der Waals surface area contributed by atoms with E-state index in [9.17, 15) is 8.42 Å². The van der Waals surface area contributed by atoms with Gasteiger partial charge in [0.1, 0.15) is 6.07 Å². The lowest BCUT2D eigenvalue weighted by Gasteiger charge is -2.05. The Hall–Kier alpha value is -0.940. The minimum atomic E-state index is -3.15. The summed E-state index contributed by atoms with van der Waals surface area (Å²) in [5.74, 6) is 0.0668. The van der Waals surface area contributed by atoms with Gasteiger partial charge in [-0.25, -0.2) is 13.1 Å². The van der Waals surface area contributed by atoms with E-state index in [4.69, 9.17) is 5.26 Å². The molecule has 0 aliphatic rings. The van der Waals surface area contributed by atoms with E-state index in [1.807, 2.05) is 0 Å². The zero-order chi connectivity index (χ0) is 12.7. The van der Waals surface area contributed by atoms with Gasteiger partial charge in [0, 0.05) is 29.9 Å². The van der Waals surface area contributed by atoms with Crippen LogP contribution in [0.4, 0.5) is 0 Å². The molecule has 0 amide bonds. The van der Waals surface area contributed by atoms with Gasteiger partial charge in [-0.05, 0) is 6.07 Å². The fourth-order valence-corrected chi connectivity index (χ4v) is 3.02. The van der Waals surface area contributed by atoms with Crippen molar-refractivity contribution >= 4 is 21.4 Å². The van der Waals surface area contributed by atoms with Gasteiger partial charge < -0.3 is 5.32 Å². The van der Waals surface area contributed by atoms with Crippen molar-refractivity contribution in [2.45, 2.75) is 13.5 Å². The van der Waals surface area contributed by atoms with E-state index in [-0.39, 0.29) is 5.75 Å². The summed E-state index contributed by atoms with van der Waals surface area (Å²) >= 11 is 1.49. The summed E-state index contributed by atoms with van der Waals surface area (Å²) in [6.45, 7) is 3.15. The number of thiophene rings is 1. The van der Waals surface area contributed by atoms with E-state index in [0.717, 1.165) is 4.88 Å². The summed E-state index contributed by atoms with van der Waals surface area (Å²) in [5, 5.41) is 13.5. The molecule has 0 fully saturated rings. The van der Waals surface area contributed by atoms with Crippen LogP contribution in [-0.4, -0.2) is 27.3 Å². The van der Waals surface area contributed by atoms with Gasteiger partial charge >= 0.3 is 0 Å². The van der Waals surface area contributed by atoms with E-state index in [2.05, 4.69) is 16.1 Å². The van der Waals surface area contributed by atoms with Crippen LogP contribution in [0.15, 0.2) is 11.4 Å². The molecule has 1 aromatic heterocycles. The lowest BCUT2D eigenvalue weighted by atomic mass is 10.3. The summed E-state index contributed by atoms with van der Waals surface area (Å²) in [5.41, 5.74) is 0.645. The summed E-state index contributed by atoms with van der Waals surface area (Å²) < 4.78 is 25.0. The maximum atomic E-state index is 11.3. The average molecular weight is 273 g/mol. The van der Waals surface area contributed by atoms with Gasteiger partial charge in [-0.1, -0.05) is 6.92 Å². The zero-order valence-electron chi connectivity index (χ0n) is 9.56. The highest BCUT2D eigenvalue weighted by molar-refractivity contribution is 7.89. The van der Waals surface area contributed by atoms with Crippen molar-refractivity contribution in [2.75, 3.05) is 18.8 Å². The molecule has 0 spiro atoms. The third kappa shape index (κ3) is 5.28. The summed E-state index contributed by atoms with van der Waals surface area (Å²) in [6.07, 6.45) is 0. The normalized spacial score (nSPS) is 11.3. The second kappa shape index (κ2) is 6.71. The van der Waals surface area contributed by atoms with Crippen molar-refractivity contribution < 1.29 is 8.42 Å². The second-order valence-corrected chi connectivity index (χ2v) is 6.33. The summed E-state index contributed by atoms with van der Waals surface area (Å²) in [7, 11) is -3.15. The third-order valence-electron chi connectivity index (χ3n) is 1.99. The number of hydrogen-bond donors (Lipinski definition) is 2. The van der Waals surface area contributed by atoms with E-state index in [1.165, 1.54) is 11.3 Å². The molecule has 0 aliphatic heterocycles. The summed E-state index contributed by atoms with van der Waals surface area (Å²) in [6, 6.07) is 3.86. The Morgan fingerprint density at radius 1 is 1.53 bits per heavy atom. The Morgan fingerprint density at radius 3 is 2.88 bits per heavy atom. The van der Waals surface area contributed by atoms with Gasteiger partial charge in [-0.2, -0.15) is 5.26 Å². The predicted octanol–water partition coefficient (Wildman–Crippen LogP) is 0.649. The average Bonchev–Trinajstić information content (AvgIpc) is 2.72. The van der Waals surface area contributed by atoms with Crippen LogP contribution in [0, 0.1) is 11.3 Å². The summed E-state index contributed by atoms with van der Waals surface area (Å²) in [4.78, 5) is 1.03. The van der Waals surface area contributed by atoms with Crippen LogP contribution in [0.3, 0.4) is 0 Å². The highest BCUT2D eigenvalue weighted by atomic mass is 32.2. The van der Waals surface area contributed by atoms with E-state index in [0.29, 0.717) is 25.2 Å². The van der Waals surface area contributed by atoms with Crippen LogP contribution in [0.25, 0.3) is 0 Å². The molecule has 0 bridgehead atoms. The molecule has 17 heavy (non-hydrogen) atoms. The van der Waals surface area contributed by atoms with Crippen LogP contribution in [0.1, 0.15) is 17.4 Å². The van der Waals surface area contributed by atoms with Crippen molar-refractivity contribution in [3.63, 3.8) is 0 Å².